The summed E-state index contributed by atoms with van der Waals surface area (Å²) in [6.07, 6.45) is 23.9. The van der Waals surface area contributed by atoms with Gasteiger partial charge in [0.2, 0.25) is 0 Å². The van der Waals surface area contributed by atoms with Crippen molar-refractivity contribution < 1.29 is 15.3 Å². The second-order valence-electron chi connectivity index (χ2n) is 8.62. The molecular formula is C25H52N2O3. The van der Waals surface area contributed by atoms with Gasteiger partial charge >= 0.3 is 0 Å². The fraction of sp³-hybridized carbons (Fsp3) is 0.920. The number of rotatable bonds is 24. The molecule has 0 saturated carbocycles. The van der Waals surface area contributed by atoms with Crippen LogP contribution in [0.1, 0.15) is 109 Å². The molecule has 0 unspecified atom stereocenters. The summed E-state index contributed by atoms with van der Waals surface area (Å²) in [6, 6.07) is 0. The van der Waals surface area contributed by atoms with Crippen molar-refractivity contribution in [3.63, 3.8) is 0 Å². The van der Waals surface area contributed by atoms with Gasteiger partial charge in [0, 0.05) is 6.54 Å². The molecule has 0 aromatic heterocycles. The first-order chi connectivity index (χ1) is 14.7. The number of nitrogens with two attached hydrogens (primary N) is 1. The van der Waals surface area contributed by atoms with E-state index in [9.17, 15) is 0 Å². The summed E-state index contributed by atoms with van der Waals surface area (Å²) in [5.74, 6) is 0. The number of hydrogen-bond donors (Lipinski definition) is 4. The van der Waals surface area contributed by atoms with Crippen LogP contribution in [-0.2, 0) is 0 Å². The van der Waals surface area contributed by atoms with E-state index in [1.54, 1.807) is 0 Å². The van der Waals surface area contributed by atoms with Gasteiger partial charge in [0.1, 0.15) is 0 Å². The summed E-state index contributed by atoms with van der Waals surface area (Å²) in [4.78, 5) is 2.34. The normalized spacial score (nSPS) is 12.1. The summed E-state index contributed by atoms with van der Waals surface area (Å²) < 4.78 is 0. The molecule has 5 nitrogen and oxygen atoms in total. The Balaban J connectivity index is 3.26. The molecule has 5 N–H and O–H groups in total. The molecular weight excluding hydrogens is 376 g/mol. The van der Waals surface area contributed by atoms with Crippen LogP contribution in [-0.4, -0.2) is 59.3 Å². The predicted octanol–water partition coefficient (Wildman–Crippen LogP) is 4.74. The molecule has 0 bridgehead atoms. The van der Waals surface area contributed by atoms with Gasteiger partial charge < -0.3 is 26.0 Å². The van der Waals surface area contributed by atoms with E-state index in [4.69, 9.17) is 21.1 Å². The highest BCUT2D eigenvalue weighted by molar-refractivity contribution is 4.81. The van der Waals surface area contributed by atoms with E-state index in [2.05, 4.69) is 17.1 Å². The van der Waals surface area contributed by atoms with E-state index in [-0.39, 0.29) is 6.61 Å². The zero-order valence-corrected chi connectivity index (χ0v) is 19.7. The Labute approximate surface area is 186 Å². The molecule has 30 heavy (non-hydrogen) atoms. The van der Waals surface area contributed by atoms with Gasteiger partial charge in [-0.15, -0.1) is 0 Å². The number of unbranched alkanes of at least 4 members (excludes halogenated alkanes) is 13. The second-order valence-corrected chi connectivity index (χ2v) is 8.62. The molecule has 0 fully saturated rings. The Morgan fingerprint density at radius 1 is 0.600 bits per heavy atom. The third-order valence-electron chi connectivity index (χ3n) is 5.69. The fourth-order valence-corrected chi connectivity index (χ4v) is 3.81. The van der Waals surface area contributed by atoms with Crippen molar-refractivity contribution >= 4 is 0 Å². The maximum atomic E-state index is 9.11. The molecule has 0 aliphatic rings. The van der Waals surface area contributed by atoms with Gasteiger partial charge in [0.05, 0.1) is 6.61 Å². The minimum atomic E-state index is -1.12. The maximum absolute atomic E-state index is 9.11. The Bertz CT molecular complexity index is 351. The van der Waals surface area contributed by atoms with Crippen molar-refractivity contribution in [1.29, 1.82) is 0 Å². The molecule has 0 rings (SSSR count). The smallest absolute Gasteiger partial charge is 0.151 e. The average Bonchev–Trinajstić information content (AvgIpc) is 2.73. The van der Waals surface area contributed by atoms with Crippen LogP contribution in [0.25, 0.3) is 0 Å². The van der Waals surface area contributed by atoms with E-state index in [0.717, 1.165) is 45.4 Å². The first-order valence-corrected chi connectivity index (χ1v) is 12.7. The lowest BCUT2D eigenvalue weighted by Crippen LogP contribution is -2.30. The van der Waals surface area contributed by atoms with E-state index >= 15 is 0 Å². The molecule has 0 heterocycles. The Kier molecular flexibility index (Phi) is 24.4. The van der Waals surface area contributed by atoms with Crippen molar-refractivity contribution in [2.75, 3.05) is 32.8 Å². The van der Waals surface area contributed by atoms with Crippen LogP contribution in [0.4, 0.5) is 0 Å². The van der Waals surface area contributed by atoms with Gasteiger partial charge in [-0.2, -0.15) is 0 Å². The standard InChI is InChI=1S/C25H52N2O3/c26-20-18-22-27(23-24-28)21-17-15-13-11-9-7-5-3-1-2-4-6-8-10-12-14-16-19-25(29)30/h1,3,25,28-30H,2,4-24,26H2/b3-1-. The minimum Gasteiger partial charge on any atom is -0.395 e. The summed E-state index contributed by atoms with van der Waals surface area (Å²) in [7, 11) is 0. The average molecular weight is 429 g/mol. The quantitative estimate of drug-likeness (QED) is 0.101. The Morgan fingerprint density at radius 3 is 1.57 bits per heavy atom. The SMILES string of the molecule is NCCCN(CCO)CCCCCCCC/C=C\CCCCCCCCCC(O)O. The molecule has 0 aromatic carbocycles. The Hall–Kier alpha value is -0.460. The monoisotopic (exact) mass is 428 g/mol. The van der Waals surface area contributed by atoms with Crippen LogP contribution in [0, 0.1) is 0 Å². The lowest BCUT2D eigenvalue weighted by molar-refractivity contribution is -0.0466. The van der Waals surface area contributed by atoms with Crippen molar-refractivity contribution in [2.45, 2.75) is 115 Å². The van der Waals surface area contributed by atoms with Crippen LogP contribution in [0.2, 0.25) is 0 Å². The zero-order chi connectivity index (χ0) is 22.1. The predicted molar refractivity (Wildman–Crippen MR) is 128 cm³/mol. The molecule has 0 aromatic rings. The molecule has 0 spiro atoms. The van der Waals surface area contributed by atoms with E-state index in [1.165, 1.54) is 83.5 Å². The highest BCUT2D eigenvalue weighted by Crippen LogP contribution is 2.12. The fourth-order valence-electron chi connectivity index (χ4n) is 3.81. The maximum Gasteiger partial charge on any atom is 0.151 e. The van der Waals surface area contributed by atoms with Gasteiger partial charge in [0.25, 0.3) is 0 Å². The third kappa shape index (κ3) is 23.8. The molecule has 0 amide bonds. The molecule has 180 valence electrons. The van der Waals surface area contributed by atoms with Crippen LogP contribution < -0.4 is 5.73 Å². The largest absolute Gasteiger partial charge is 0.395 e. The summed E-state index contributed by atoms with van der Waals surface area (Å²) in [5, 5.41) is 26.7. The van der Waals surface area contributed by atoms with E-state index < -0.39 is 6.29 Å². The van der Waals surface area contributed by atoms with Gasteiger partial charge in [-0.3, -0.25) is 0 Å². The van der Waals surface area contributed by atoms with Gasteiger partial charge in [-0.1, -0.05) is 69.9 Å². The molecule has 0 aliphatic carbocycles. The van der Waals surface area contributed by atoms with Crippen molar-refractivity contribution in [2.24, 2.45) is 5.73 Å². The molecule has 5 heteroatoms. The van der Waals surface area contributed by atoms with Crippen molar-refractivity contribution in [3.8, 4) is 0 Å². The van der Waals surface area contributed by atoms with Crippen LogP contribution in [0.15, 0.2) is 12.2 Å². The highest BCUT2D eigenvalue weighted by atomic mass is 16.5. The minimum absolute atomic E-state index is 0.247. The lowest BCUT2D eigenvalue weighted by Gasteiger charge is -2.20. The number of hydrogen-bond acceptors (Lipinski definition) is 5. The van der Waals surface area contributed by atoms with E-state index in [0.29, 0.717) is 6.42 Å². The molecule has 0 radical (unpaired) electrons. The Morgan fingerprint density at radius 2 is 1.07 bits per heavy atom. The first kappa shape index (κ1) is 29.5. The van der Waals surface area contributed by atoms with Crippen molar-refractivity contribution in [1.82, 2.24) is 4.90 Å². The van der Waals surface area contributed by atoms with Crippen LogP contribution in [0.3, 0.4) is 0 Å². The summed E-state index contributed by atoms with van der Waals surface area (Å²) in [5.41, 5.74) is 5.57. The van der Waals surface area contributed by atoms with Crippen LogP contribution in [0.5, 0.6) is 0 Å². The van der Waals surface area contributed by atoms with Gasteiger partial charge in [-0.05, 0) is 71.0 Å². The van der Waals surface area contributed by atoms with Crippen molar-refractivity contribution in [3.05, 3.63) is 12.2 Å². The van der Waals surface area contributed by atoms with Gasteiger partial charge in [-0.25, -0.2) is 0 Å². The second kappa shape index (κ2) is 24.8. The zero-order valence-electron chi connectivity index (χ0n) is 19.7. The first-order valence-electron chi connectivity index (χ1n) is 12.7. The number of allylic oxidation sites excluding steroid dienone is 2. The highest BCUT2D eigenvalue weighted by Gasteiger charge is 2.03. The number of nitrogens with zero attached hydrogens (tertiary/aromatic N) is 1. The van der Waals surface area contributed by atoms with Crippen LogP contribution >= 0.6 is 0 Å². The molecule has 0 aliphatic heterocycles. The third-order valence-corrected chi connectivity index (χ3v) is 5.69. The molecule has 0 saturated heterocycles. The topological polar surface area (TPSA) is 90.0 Å². The molecule has 0 atom stereocenters. The lowest BCUT2D eigenvalue weighted by atomic mass is 10.1. The summed E-state index contributed by atoms with van der Waals surface area (Å²) in [6.45, 7) is 3.87. The number of aliphatic hydroxyl groups excluding tert-OH is 2. The van der Waals surface area contributed by atoms with Gasteiger partial charge in [0.15, 0.2) is 6.29 Å². The van der Waals surface area contributed by atoms with E-state index in [1.807, 2.05) is 0 Å². The number of aliphatic hydroxyl groups is 3. The summed E-state index contributed by atoms with van der Waals surface area (Å²) >= 11 is 0.